The van der Waals surface area contributed by atoms with E-state index in [9.17, 15) is 0 Å². The molecule has 0 aliphatic rings. The van der Waals surface area contributed by atoms with E-state index in [1.165, 1.54) is 0 Å². The first kappa shape index (κ1) is 10.6. The number of hydrogen-bond donors (Lipinski definition) is 1. The van der Waals surface area contributed by atoms with Crippen molar-refractivity contribution in [2.45, 2.75) is 6.92 Å². The van der Waals surface area contributed by atoms with Crippen LogP contribution in [0.5, 0.6) is 11.5 Å². The maximum Gasteiger partial charge on any atom is 0.130 e. The Bertz CT molecular complexity index is 535. The van der Waals surface area contributed by atoms with E-state index in [4.69, 9.17) is 15.2 Å². The molecular formula is C13H15NO2. The monoisotopic (exact) mass is 217 g/mol. The van der Waals surface area contributed by atoms with Gasteiger partial charge in [0.2, 0.25) is 0 Å². The van der Waals surface area contributed by atoms with E-state index in [1.54, 1.807) is 14.2 Å². The van der Waals surface area contributed by atoms with E-state index in [0.717, 1.165) is 33.5 Å². The van der Waals surface area contributed by atoms with Crippen LogP contribution in [0.25, 0.3) is 10.8 Å². The van der Waals surface area contributed by atoms with E-state index in [-0.39, 0.29) is 0 Å². The van der Waals surface area contributed by atoms with E-state index >= 15 is 0 Å². The fraction of sp³-hybridized carbons (Fsp3) is 0.231. The zero-order valence-electron chi connectivity index (χ0n) is 9.70. The molecule has 0 bridgehead atoms. The van der Waals surface area contributed by atoms with Gasteiger partial charge >= 0.3 is 0 Å². The lowest BCUT2D eigenvalue weighted by atomic mass is 10.0. The molecule has 0 spiro atoms. The van der Waals surface area contributed by atoms with Gasteiger partial charge in [-0.3, -0.25) is 0 Å². The van der Waals surface area contributed by atoms with Crippen LogP contribution in [0, 0.1) is 6.92 Å². The first-order valence-corrected chi connectivity index (χ1v) is 5.08. The van der Waals surface area contributed by atoms with Crippen LogP contribution in [0.4, 0.5) is 5.69 Å². The average molecular weight is 217 g/mol. The number of hydrogen-bond acceptors (Lipinski definition) is 3. The normalized spacial score (nSPS) is 10.4. The van der Waals surface area contributed by atoms with E-state index < -0.39 is 0 Å². The zero-order chi connectivity index (χ0) is 11.7. The molecule has 2 N–H and O–H groups in total. The molecule has 2 rings (SSSR count). The molecule has 0 amide bonds. The molecule has 0 fully saturated rings. The van der Waals surface area contributed by atoms with Gasteiger partial charge in [-0.05, 0) is 36.8 Å². The number of ether oxygens (including phenoxy) is 2. The molecular weight excluding hydrogens is 202 g/mol. The van der Waals surface area contributed by atoms with Crippen LogP contribution < -0.4 is 15.2 Å². The first-order valence-electron chi connectivity index (χ1n) is 5.08. The number of benzene rings is 2. The third-order valence-electron chi connectivity index (χ3n) is 2.66. The third kappa shape index (κ3) is 1.54. The lowest BCUT2D eigenvalue weighted by Crippen LogP contribution is -1.94. The molecule has 0 radical (unpaired) electrons. The molecule has 16 heavy (non-hydrogen) atoms. The summed E-state index contributed by atoms with van der Waals surface area (Å²) in [5.74, 6) is 1.57. The number of nitrogens with two attached hydrogens (primary N) is 1. The summed E-state index contributed by atoms with van der Waals surface area (Å²) in [6, 6.07) is 7.72. The summed E-state index contributed by atoms with van der Waals surface area (Å²) in [7, 11) is 3.29. The smallest absolute Gasteiger partial charge is 0.130 e. The van der Waals surface area contributed by atoms with Gasteiger partial charge in [0, 0.05) is 11.1 Å². The molecule has 2 aromatic carbocycles. The fourth-order valence-corrected chi connectivity index (χ4v) is 1.90. The van der Waals surface area contributed by atoms with Gasteiger partial charge in [0.15, 0.2) is 0 Å². The Kier molecular flexibility index (Phi) is 2.60. The van der Waals surface area contributed by atoms with E-state index in [1.807, 2.05) is 31.2 Å². The van der Waals surface area contributed by atoms with Crippen LogP contribution in [-0.2, 0) is 0 Å². The van der Waals surface area contributed by atoms with E-state index in [0.29, 0.717) is 0 Å². The minimum Gasteiger partial charge on any atom is -0.496 e. The van der Waals surface area contributed by atoms with Crippen LogP contribution in [0.1, 0.15) is 5.56 Å². The molecule has 3 heteroatoms. The fourth-order valence-electron chi connectivity index (χ4n) is 1.90. The molecule has 3 nitrogen and oxygen atoms in total. The molecule has 84 valence electrons. The predicted molar refractivity (Wildman–Crippen MR) is 66.2 cm³/mol. The maximum atomic E-state index is 5.96. The lowest BCUT2D eigenvalue weighted by molar-refractivity contribution is 0.405. The lowest BCUT2D eigenvalue weighted by Gasteiger charge is -2.12. The topological polar surface area (TPSA) is 44.5 Å². The maximum absolute atomic E-state index is 5.96. The molecule has 0 saturated heterocycles. The molecule has 2 aromatic rings. The van der Waals surface area contributed by atoms with Gasteiger partial charge in [0.1, 0.15) is 11.5 Å². The van der Waals surface area contributed by atoms with Gasteiger partial charge in [-0.15, -0.1) is 0 Å². The second kappa shape index (κ2) is 3.93. The van der Waals surface area contributed by atoms with E-state index in [2.05, 4.69) is 0 Å². The Morgan fingerprint density at radius 3 is 2.31 bits per heavy atom. The van der Waals surface area contributed by atoms with Gasteiger partial charge in [0.05, 0.1) is 19.6 Å². The summed E-state index contributed by atoms with van der Waals surface area (Å²) >= 11 is 0. The second-order valence-corrected chi connectivity index (χ2v) is 3.75. The van der Waals surface area contributed by atoms with Crippen molar-refractivity contribution in [1.82, 2.24) is 0 Å². The Morgan fingerprint density at radius 2 is 1.69 bits per heavy atom. The van der Waals surface area contributed by atoms with Crippen molar-refractivity contribution in [2.75, 3.05) is 20.0 Å². The number of aryl methyl sites for hydroxylation is 1. The second-order valence-electron chi connectivity index (χ2n) is 3.75. The van der Waals surface area contributed by atoms with Crippen LogP contribution in [0.2, 0.25) is 0 Å². The molecule has 0 aliphatic heterocycles. The quantitative estimate of drug-likeness (QED) is 0.787. The van der Waals surface area contributed by atoms with Crippen molar-refractivity contribution >= 4 is 16.5 Å². The molecule has 0 saturated carbocycles. The summed E-state index contributed by atoms with van der Waals surface area (Å²) in [5, 5.41) is 1.90. The van der Waals surface area contributed by atoms with Crippen LogP contribution in [0.3, 0.4) is 0 Å². The minimum absolute atomic E-state index is 0.734. The average Bonchev–Trinajstić information content (AvgIpc) is 2.29. The van der Waals surface area contributed by atoms with Crippen LogP contribution in [-0.4, -0.2) is 14.2 Å². The van der Waals surface area contributed by atoms with Crippen molar-refractivity contribution < 1.29 is 9.47 Å². The van der Waals surface area contributed by atoms with Crippen molar-refractivity contribution in [1.29, 1.82) is 0 Å². The van der Waals surface area contributed by atoms with Crippen LogP contribution >= 0.6 is 0 Å². The molecule has 0 unspecified atom stereocenters. The molecule has 0 aliphatic carbocycles. The molecule has 0 atom stereocenters. The Hall–Kier alpha value is -1.90. The summed E-state index contributed by atoms with van der Waals surface area (Å²) in [5.41, 5.74) is 7.81. The van der Waals surface area contributed by atoms with Gasteiger partial charge in [-0.25, -0.2) is 0 Å². The first-order chi connectivity index (χ1) is 7.67. The Morgan fingerprint density at radius 1 is 1.00 bits per heavy atom. The number of anilines is 1. The predicted octanol–water partition coefficient (Wildman–Crippen LogP) is 2.75. The number of fused-ring (bicyclic) bond motifs is 1. The van der Waals surface area contributed by atoms with Gasteiger partial charge in [0.25, 0.3) is 0 Å². The van der Waals surface area contributed by atoms with Gasteiger partial charge in [-0.1, -0.05) is 0 Å². The highest BCUT2D eigenvalue weighted by Gasteiger charge is 2.10. The number of nitrogen functional groups attached to an aromatic ring is 1. The summed E-state index contributed by atoms with van der Waals surface area (Å²) in [4.78, 5) is 0. The zero-order valence-corrected chi connectivity index (χ0v) is 9.70. The van der Waals surface area contributed by atoms with Crippen molar-refractivity contribution in [2.24, 2.45) is 0 Å². The van der Waals surface area contributed by atoms with Gasteiger partial charge < -0.3 is 15.2 Å². The summed E-state index contributed by atoms with van der Waals surface area (Å²) in [6.45, 7) is 2.01. The molecule has 0 heterocycles. The Balaban J connectivity index is 2.91. The summed E-state index contributed by atoms with van der Waals surface area (Å²) in [6.07, 6.45) is 0. The number of rotatable bonds is 2. The van der Waals surface area contributed by atoms with Crippen molar-refractivity contribution in [3.8, 4) is 11.5 Å². The molecule has 0 aromatic heterocycles. The largest absolute Gasteiger partial charge is 0.496 e. The van der Waals surface area contributed by atoms with Crippen molar-refractivity contribution in [3.63, 3.8) is 0 Å². The summed E-state index contributed by atoms with van der Waals surface area (Å²) < 4.78 is 10.7. The SMILES string of the molecule is COc1ccc(N)c2cc(C)cc(OC)c12. The standard InChI is InChI=1S/C13H15NO2/c1-8-6-9-10(14)4-5-11(15-2)13(9)12(7-8)16-3/h4-7H,14H2,1-3H3. The highest BCUT2D eigenvalue weighted by atomic mass is 16.5. The highest BCUT2D eigenvalue weighted by molar-refractivity contribution is 6.01. The Labute approximate surface area is 94.8 Å². The van der Waals surface area contributed by atoms with Crippen LogP contribution in [0.15, 0.2) is 24.3 Å². The third-order valence-corrected chi connectivity index (χ3v) is 2.66. The minimum atomic E-state index is 0.734. The van der Waals surface area contributed by atoms with Crippen molar-refractivity contribution in [3.05, 3.63) is 29.8 Å². The number of methoxy groups -OCH3 is 2. The van der Waals surface area contributed by atoms with Gasteiger partial charge in [-0.2, -0.15) is 0 Å². The highest BCUT2D eigenvalue weighted by Crippen LogP contribution is 2.37.